The standard InChI is InChI=1S/C14H14BrNOS/c15-13-7-8-18-14(13)9-12(17)6-3-10-1-4-11(16)5-2-10/h1-2,4-5,7-8H,3,6,9,16H2. The zero-order chi connectivity index (χ0) is 13.0. The maximum atomic E-state index is 11.9. The van der Waals surface area contributed by atoms with Crippen molar-refractivity contribution in [2.24, 2.45) is 0 Å². The molecule has 0 saturated carbocycles. The van der Waals surface area contributed by atoms with Crippen LogP contribution >= 0.6 is 27.3 Å². The molecular formula is C14H14BrNOS. The van der Waals surface area contributed by atoms with Gasteiger partial charge in [-0.3, -0.25) is 4.79 Å². The van der Waals surface area contributed by atoms with Gasteiger partial charge in [-0.05, 0) is 51.5 Å². The Balaban J connectivity index is 1.85. The number of carbonyl (C=O) groups is 1. The topological polar surface area (TPSA) is 43.1 Å². The molecule has 0 atom stereocenters. The van der Waals surface area contributed by atoms with Crippen LogP contribution in [-0.4, -0.2) is 5.78 Å². The molecule has 2 nitrogen and oxygen atoms in total. The van der Waals surface area contributed by atoms with Gasteiger partial charge in [0.25, 0.3) is 0 Å². The van der Waals surface area contributed by atoms with Crippen molar-refractivity contribution < 1.29 is 4.79 Å². The third kappa shape index (κ3) is 3.68. The lowest BCUT2D eigenvalue weighted by Crippen LogP contribution is -2.03. The Morgan fingerprint density at radius 3 is 2.56 bits per heavy atom. The van der Waals surface area contributed by atoms with Gasteiger partial charge in [-0.1, -0.05) is 12.1 Å². The van der Waals surface area contributed by atoms with E-state index >= 15 is 0 Å². The molecule has 2 rings (SSSR count). The zero-order valence-electron chi connectivity index (χ0n) is 9.86. The monoisotopic (exact) mass is 323 g/mol. The van der Waals surface area contributed by atoms with E-state index in [2.05, 4.69) is 15.9 Å². The van der Waals surface area contributed by atoms with Crippen LogP contribution in [0.2, 0.25) is 0 Å². The largest absolute Gasteiger partial charge is 0.399 e. The van der Waals surface area contributed by atoms with Crippen molar-refractivity contribution in [3.05, 3.63) is 50.6 Å². The Morgan fingerprint density at radius 2 is 1.94 bits per heavy atom. The number of halogens is 1. The molecule has 1 heterocycles. The van der Waals surface area contributed by atoms with Crippen LogP contribution in [0.5, 0.6) is 0 Å². The van der Waals surface area contributed by atoms with E-state index in [-0.39, 0.29) is 5.78 Å². The van der Waals surface area contributed by atoms with Gasteiger partial charge in [-0.15, -0.1) is 11.3 Å². The molecule has 18 heavy (non-hydrogen) atoms. The Bertz CT molecular complexity index is 533. The minimum atomic E-state index is 0.273. The van der Waals surface area contributed by atoms with Crippen LogP contribution in [0.25, 0.3) is 0 Å². The van der Waals surface area contributed by atoms with Crippen molar-refractivity contribution in [3.8, 4) is 0 Å². The lowest BCUT2D eigenvalue weighted by molar-refractivity contribution is -0.118. The number of hydrogen-bond donors (Lipinski definition) is 1. The molecule has 0 aliphatic carbocycles. The number of benzene rings is 1. The Labute approximate surface area is 119 Å². The van der Waals surface area contributed by atoms with Gasteiger partial charge in [0.05, 0.1) is 0 Å². The number of aryl methyl sites for hydroxylation is 1. The van der Waals surface area contributed by atoms with Crippen molar-refractivity contribution in [2.45, 2.75) is 19.3 Å². The Hall–Kier alpha value is -1.13. The maximum Gasteiger partial charge on any atom is 0.138 e. The van der Waals surface area contributed by atoms with Crippen LogP contribution in [0.3, 0.4) is 0 Å². The predicted octanol–water partition coefficient (Wildman–Crippen LogP) is 3.84. The van der Waals surface area contributed by atoms with Gasteiger partial charge in [-0.2, -0.15) is 0 Å². The fraction of sp³-hybridized carbons (Fsp3) is 0.214. The van der Waals surface area contributed by atoms with Crippen LogP contribution < -0.4 is 5.73 Å². The van der Waals surface area contributed by atoms with E-state index in [1.165, 1.54) is 0 Å². The van der Waals surface area contributed by atoms with Gasteiger partial charge in [0.1, 0.15) is 5.78 Å². The van der Waals surface area contributed by atoms with E-state index in [9.17, 15) is 4.79 Å². The fourth-order valence-electron chi connectivity index (χ4n) is 1.69. The summed E-state index contributed by atoms with van der Waals surface area (Å²) in [4.78, 5) is 13.0. The van der Waals surface area contributed by atoms with Gasteiger partial charge < -0.3 is 5.73 Å². The first-order chi connectivity index (χ1) is 8.65. The number of hydrogen-bond acceptors (Lipinski definition) is 3. The van der Waals surface area contributed by atoms with Crippen molar-refractivity contribution in [3.63, 3.8) is 0 Å². The molecule has 4 heteroatoms. The number of rotatable bonds is 5. The van der Waals surface area contributed by atoms with Crippen LogP contribution in [-0.2, 0) is 17.6 Å². The van der Waals surface area contributed by atoms with E-state index in [0.29, 0.717) is 12.8 Å². The van der Waals surface area contributed by atoms with E-state index in [0.717, 1.165) is 27.0 Å². The van der Waals surface area contributed by atoms with Crippen molar-refractivity contribution in [2.75, 3.05) is 5.73 Å². The predicted molar refractivity (Wildman–Crippen MR) is 79.9 cm³/mol. The highest BCUT2D eigenvalue weighted by Gasteiger charge is 2.08. The summed E-state index contributed by atoms with van der Waals surface area (Å²) in [7, 11) is 0. The summed E-state index contributed by atoms with van der Waals surface area (Å²) in [6, 6.07) is 9.67. The average Bonchev–Trinajstić information content (AvgIpc) is 2.74. The number of anilines is 1. The highest BCUT2D eigenvalue weighted by Crippen LogP contribution is 2.23. The van der Waals surface area contributed by atoms with Gasteiger partial charge in [-0.25, -0.2) is 0 Å². The minimum absolute atomic E-state index is 0.273. The molecule has 2 N–H and O–H groups in total. The van der Waals surface area contributed by atoms with Crippen LogP contribution in [0, 0.1) is 0 Å². The average molecular weight is 324 g/mol. The summed E-state index contributed by atoms with van der Waals surface area (Å²) in [5, 5.41) is 1.99. The minimum Gasteiger partial charge on any atom is -0.399 e. The summed E-state index contributed by atoms with van der Waals surface area (Å²) in [5.74, 6) is 0.273. The normalized spacial score (nSPS) is 10.5. The summed E-state index contributed by atoms with van der Waals surface area (Å²) in [6.07, 6.45) is 1.88. The molecule has 1 aromatic carbocycles. The number of nitrogens with two attached hydrogens (primary N) is 1. The quantitative estimate of drug-likeness (QED) is 0.849. The van der Waals surface area contributed by atoms with Crippen molar-refractivity contribution in [1.82, 2.24) is 0 Å². The van der Waals surface area contributed by atoms with Gasteiger partial charge in [0.2, 0.25) is 0 Å². The number of thiophene rings is 1. The third-order valence-corrected chi connectivity index (χ3v) is 4.65. The third-order valence-electron chi connectivity index (χ3n) is 2.72. The van der Waals surface area contributed by atoms with E-state index in [4.69, 9.17) is 5.73 Å². The summed E-state index contributed by atoms with van der Waals surface area (Å²) >= 11 is 5.06. The second-order valence-electron chi connectivity index (χ2n) is 4.15. The van der Waals surface area contributed by atoms with Crippen molar-refractivity contribution in [1.29, 1.82) is 0 Å². The second kappa shape index (κ2) is 6.16. The van der Waals surface area contributed by atoms with E-state index in [1.807, 2.05) is 35.7 Å². The highest BCUT2D eigenvalue weighted by atomic mass is 79.9. The van der Waals surface area contributed by atoms with Crippen molar-refractivity contribution >= 4 is 38.7 Å². The molecule has 0 aliphatic rings. The molecule has 1 aromatic heterocycles. The maximum absolute atomic E-state index is 11.9. The molecule has 0 fully saturated rings. The van der Waals surface area contributed by atoms with E-state index < -0.39 is 0 Å². The van der Waals surface area contributed by atoms with Gasteiger partial charge in [0.15, 0.2) is 0 Å². The number of carbonyl (C=O) groups excluding carboxylic acids is 1. The van der Waals surface area contributed by atoms with Crippen LogP contribution in [0.1, 0.15) is 16.9 Å². The number of nitrogen functional groups attached to an aromatic ring is 1. The molecule has 0 amide bonds. The summed E-state index contributed by atoms with van der Waals surface area (Å²) in [5.41, 5.74) is 7.53. The molecule has 94 valence electrons. The number of Topliss-reactive ketones (excluding diaryl/α,β-unsaturated/α-hetero) is 1. The lowest BCUT2D eigenvalue weighted by Gasteiger charge is -2.02. The molecule has 0 radical (unpaired) electrons. The first kappa shape index (κ1) is 13.3. The molecule has 2 aromatic rings. The molecule has 0 bridgehead atoms. The SMILES string of the molecule is Nc1ccc(CCC(=O)Cc2sccc2Br)cc1. The second-order valence-corrected chi connectivity index (χ2v) is 6.00. The summed E-state index contributed by atoms with van der Waals surface area (Å²) < 4.78 is 1.04. The molecule has 0 aliphatic heterocycles. The fourth-order valence-corrected chi connectivity index (χ4v) is 3.21. The molecular weight excluding hydrogens is 310 g/mol. The number of ketones is 1. The van der Waals surface area contributed by atoms with Gasteiger partial charge >= 0.3 is 0 Å². The molecule has 0 unspecified atom stereocenters. The Morgan fingerprint density at radius 1 is 1.22 bits per heavy atom. The lowest BCUT2D eigenvalue weighted by atomic mass is 10.1. The first-order valence-corrected chi connectivity index (χ1v) is 7.40. The molecule has 0 saturated heterocycles. The smallest absolute Gasteiger partial charge is 0.138 e. The summed E-state index contributed by atoms with van der Waals surface area (Å²) in [6.45, 7) is 0. The zero-order valence-corrected chi connectivity index (χ0v) is 12.3. The first-order valence-electron chi connectivity index (χ1n) is 5.73. The highest BCUT2D eigenvalue weighted by molar-refractivity contribution is 9.10. The van der Waals surface area contributed by atoms with Gasteiger partial charge in [0, 0.05) is 27.9 Å². The Kier molecular flexibility index (Phi) is 4.55. The molecule has 0 spiro atoms. The van der Waals surface area contributed by atoms with E-state index in [1.54, 1.807) is 11.3 Å². The van der Waals surface area contributed by atoms with Crippen LogP contribution in [0.4, 0.5) is 5.69 Å². The van der Waals surface area contributed by atoms with Crippen LogP contribution in [0.15, 0.2) is 40.2 Å².